The zero-order valence-electron chi connectivity index (χ0n) is 13.1. The highest BCUT2D eigenvalue weighted by Crippen LogP contribution is 2.36. The highest BCUT2D eigenvalue weighted by molar-refractivity contribution is 6.32. The lowest BCUT2D eigenvalue weighted by Crippen LogP contribution is -2.30. The molecule has 5 nitrogen and oxygen atoms in total. The van der Waals surface area contributed by atoms with Crippen molar-refractivity contribution in [2.45, 2.75) is 19.9 Å². The molecule has 1 amide bonds. The Morgan fingerprint density at radius 3 is 2.74 bits per heavy atom. The van der Waals surface area contributed by atoms with Gasteiger partial charge in [-0.2, -0.15) is 5.26 Å². The number of halogens is 1. The van der Waals surface area contributed by atoms with Gasteiger partial charge >= 0.3 is 0 Å². The molecule has 1 aromatic rings. The summed E-state index contributed by atoms with van der Waals surface area (Å²) in [5.41, 5.74) is 0.504. The van der Waals surface area contributed by atoms with E-state index in [2.05, 4.69) is 11.2 Å². The third kappa shape index (κ3) is 5.25. The fourth-order valence-corrected chi connectivity index (χ4v) is 2.01. The monoisotopic (exact) mass is 332 g/mol. The first-order valence-corrected chi connectivity index (χ1v) is 7.17. The lowest BCUT2D eigenvalue weighted by molar-refractivity contribution is -0.117. The quantitative estimate of drug-likeness (QED) is 0.494. The van der Waals surface area contributed by atoms with Crippen molar-refractivity contribution >= 4 is 23.6 Å². The highest BCUT2D eigenvalue weighted by atomic mass is 35.5. The summed E-state index contributed by atoms with van der Waals surface area (Å²) in [6, 6.07) is 4.97. The standard InChI is InChI=1S/C17H17ClN2O3/c1-5-6-23-16-14(18)8-12(9-15(16)22-4)7-13(10-19)17(21)20-11(2)3/h1,7-9,11H,6H2,2-4H3,(H,20,21)/b13-7+. The number of amides is 1. The lowest BCUT2D eigenvalue weighted by Gasteiger charge is -2.12. The Balaban J connectivity index is 3.21. The Bertz CT molecular complexity index is 697. The second kappa shape index (κ2) is 8.73. The number of nitrogens with zero attached hydrogens (tertiary/aromatic N) is 1. The Kier molecular flexibility index (Phi) is 6.99. The fraction of sp³-hybridized carbons (Fsp3) is 0.294. The molecule has 120 valence electrons. The molecule has 0 fully saturated rings. The van der Waals surface area contributed by atoms with Gasteiger partial charge in [0.1, 0.15) is 18.2 Å². The number of ether oxygens (including phenoxy) is 2. The molecule has 0 aromatic heterocycles. The molecule has 1 N–H and O–H groups in total. The van der Waals surface area contributed by atoms with Gasteiger partial charge in [-0.3, -0.25) is 4.79 Å². The van der Waals surface area contributed by atoms with E-state index in [-0.39, 0.29) is 23.2 Å². The molecule has 0 saturated carbocycles. The molecule has 0 aliphatic rings. The number of carbonyl (C=O) groups excluding carboxylic acids is 1. The summed E-state index contributed by atoms with van der Waals surface area (Å²) < 4.78 is 10.5. The first-order valence-electron chi connectivity index (χ1n) is 6.79. The van der Waals surface area contributed by atoms with Crippen molar-refractivity contribution in [1.29, 1.82) is 5.26 Å². The van der Waals surface area contributed by atoms with Gasteiger partial charge in [-0.1, -0.05) is 17.5 Å². The average molecular weight is 333 g/mol. The van der Waals surface area contributed by atoms with Crippen molar-refractivity contribution in [2.24, 2.45) is 0 Å². The van der Waals surface area contributed by atoms with Crippen LogP contribution in [0.25, 0.3) is 6.08 Å². The summed E-state index contributed by atoms with van der Waals surface area (Å²) in [7, 11) is 1.46. The number of hydrogen-bond donors (Lipinski definition) is 1. The third-order valence-corrected chi connectivity index (χ3v) is 2.93. The Morgan fingerprint density at radius 1 is 1.52 bits per heavy atom. The van der Waals surface area contributed by atoms with Crippen LogP contribution in [-0.4, -0.2) is 25.7 Å². The highest BCUT2D eigenvalue weighted by Gasteiger charge is 2.14. The Morgan fingerprint density at radius 2 is 2.22 bits per heavy atom. The molecule has 0 saturated heterocycles. The van der Waals surface area contributed by atoms with Crippen LogP contribution in [0.2, 0.25) is 5.02 Å². The Hall–Kier alpha value is -2.63. The maximum Gasteiger partial charge on any atom is 0.262 e. The van der Waals surface area contributed by atoms with E-state index in [9.17, 15) is 4.79 Å². The number of terminal acetylenes is 1. The number of nitrogens with one attached hydrogen (secondary N) is 1. The summed E-state index contributed by atoms with van der Waals surface area (Å²) in [4.78, 5) is 11.9. The molecule has 1 aromatic carbocycles. The minimum absolute atomic E-state index is 0.0332. The van der Waals surface area contributed by atoms with Crippen molar-refractivity contribution in [3.63, 3.8) is 0 Å². The summed E-state index contributed by atoms with van der Waals surface area (Å²) >= 11 is 6.15. The van der Waals surface area contributed by atoms with E-state index in [4.69, 9.17) is 32.8 Å². The predicted octanol–water partition coefficient (Wildman–Crippen LogP) is 2.79. The van der Waals surface area contributed by atoms with Crippen LogP contribution in [0.3, 0.4) is 0 Å². The second-order valence-electron chi connectivity index (χ2n) is 4.82. The van der Waals surface area contributed by atoms with Gasteiger partial charge in [-0.25, -0.2) is 0 Å². The predicted molar refractivity (Wildman–Crippen MR) is 89.2 cm³/mol. The lowest BCUT2D eigenvalue weighted by atomic mass is 10.1. The number of hydrogen-bond acceptors (Lipinski definition) is 4. The summed E-state index contributed by atoms with van der Waals surface area (Å²) in [5, 5.41) is 12.1. The van der Waals surface area contributed by atoms with Crippen LogP contribution >= 0.6 is 11.6 Å². The van der Waals surface area contributed by atoms with E-state index in [1.807, 2.05) is 19.9 Å². The van der Waals surface area contributed by atoms with Crippen molar-refractivity contribution in [3.05, 3.63) is 28.3 Å². The van der Waals surface area contributed by atoms with Gasteiger partial charge in [0.05, 0.1) is 12.1 Å². The molecule has 0 aliphatic carbocycles. The van der Waals surface area contributed by atoms with Crippen molar-refractivity contribution in [1.82, 2.24) is 5.32 Å². The van der Waals surface area contributed by atoms with Gasteiger partial charge in [0.2, 0.25) is 0 Å². The van der Waals surface area contributed by atoms with E-state index in [1.54, 1.807) is 12.1 Å². The summed E-state index contributed by atoms with van der Waals surface area (Å²) in [6.07, 6.45) is 6.58. The number of carbonyl (C=O) groups is 1. The van der Waals surface area contributed by atoms with Crippen molar-refractivity contribution < 1.29 is 14.3 Å². The minimum Gasteiger partial charge on any atom is -0.493 e. The molecular formula is C17H17ClN2O3. The molecular weight excluding hydrogens is 316 g/mol. The number of benzene rings is 1. The van der Waals surface area contributed by atoms with Crippen molar-refractivity contribution in [3.8, 4) is 29.9 Å². The smallest absolute Gasteiger partial charge is 0.262 e. The van der Waals surface area contributed by atoms with Crippen LogP contribution < -0.4 is 14.8 Å². The van der Waals surface area contributed by atoms with E-state index in [1.165, 1.54) is 13.2 Å². The van der Waals surface area contributed by atoms with Gasteiger partial charge in [0, 0.05) is 6.04 Å². The van der Waals surface area contributed by atoms with Crippen LogP contribution in [-0.2, 0) is 4.79 Å². The maximum absolute atomic E-state index is 11.9. The van der Waals surface area contributed by atoms with Gasteiger partial charge in [-0.05, 0) is 37.6 Å². The zero-order valence-corrected chi connectivity index (χ0v) is 13.9. The van der Waals surface area contributed by atoms with Crippen LogP contribution in [0.1, 0.15) is 19.4 Å². The van der Waals surface area contributed by atoms with Gasteiger partial charge in [0.15, 0.2) is 11.5 Å². The van der Waals surface area contributed by atoms with Gasteiger partial charge < -0.3 is 14.8 Å². The zero-order chi connectivity index (χ0) is 17.4. The molecule has 0 heterocycles. The first kappa shape index (κ1) is 18.4. The summed E-state index contributed by atoms with van der Waals surface area (Å²) in [5.74, 6) is 2.56. The molecule has 6 heteroatoms. The van der Waals surface area contributed by atoms with Gasteiger partial charge in [0.25, 0.3) is 5.91 Å². The Labute approximate surface area is 140 Å². The molecule has 0 aliphatic heterocycles. The van der Waals surface area contributed by atoms with E-state index in [0.717, 1.165) is 0 Å². The third-order valence-electron chi connectivity index (χ3n) is 2.65. The largest absolute Gasteiger partial charge is 0.493 e. The topological polar surface area (TPSA) is 71.3 Å². The SMILES string of the molecule is C#CCOc1c(Cl)cc(/C=C(\C#N)C(=O)NC(C)C)cc1OC. The van der Waals surface area contributed by atoms with E-state index >= 15 is 0 Å². The van der Waals surface area contributed by atoms with Crippen LogP contribution in [0, 0.1) is 23.7 Å². The minimum atomic E-state index is -0.453. The second-order valence-corrected chi connectivity index (χ2v) is 5.23. The summed E-state index contributed by atoms with van der Waals surface area (Å²) in [6.45, 7) is 3.67. The first-order chi connectivity index (χ1) is 10.9. The van der Waals surface area contributed by atoms with Crippen molar-refractivity contribution in [2.75, 3.05) is 13.7 Å². The molecule has 0 bridgehead atoms. The molecule has 0 unspecified atom stereocenters. The normalized spacial score (nSPS) is 10.7. The molecule has 1 rings (SSSR count). The fourth-order valence-electron chi connectivity index (χ4n) is 1.73. The van der Waals surface area contributed by atoms with Crippen LogP contribution in [0.15, 0.2) is 17.7 Å². The average Bonchev–Trinajstić information content (AvgIpc) is 2.50. The maximum atomic E-state index is 11.9. The molecule has 0 radical (unpaired) electrons. The molecule has 23 heavy (non-hydrogen) atoms. The van der Waals surface area contributed by atoms with E-state index in [0.29, 0.717) is 17.1 Å². The van der Waals surface area contributed by atoms with Gasteiger partial charge in [-0.15, -0.1) is 6.42 Å². The number of rotatable bonds is 6. The number of nitriles is 1. The molecule has 0 spiro atoms. The van der Waals surface area contributed by atoms with E-state index < -0.39 is 5.91 Å². The molecule has 0 atom stereocenters. The number of methoxy groups -OCH3 is 1. The van der Waals surface area contributed by atoms with Crippen LogP contribution in [0.5, 0.6) is 11.5 Å². The van der Waals surface area contributed by atoms with Crippen LogP contribution in [0.4, 0.5) is 0 Å².